The monoisotopic (exact) mass is 260 g/mol. The first-order chi connectivity index (χ1) is 9.12. The summed E-state index contributed by atoms with van der Waals surface area (Å²) < 4.78 is 0. The van der Waals surface area contributed by atoms with Crippen molar-refractivity contribution in [3.05, 3.63) is 29.3 Å². The number of hydrogen-bond acceptors (Lipinski definition) is 3. The van der Waals surface area contributed by atoms with Gasteiger partial charge in [-0.15, -0.1) is 0 Å². The lowest BCUT2D eigenvalue weighted by molar-refractivity contribution is 0.0571. The summed E-state index contributed by atoms with van der Waals surface area (Å²) in [6.07, 6.45) is 6.05. The van der Waals surface area contributed by atoms with E-state index >= 15 is 0 Å². The van der Waals surface area contributed by atoms with Crippen LogP contribution in [0.4, 0.5) is 0 Å². The Bertz CT molecular complexity index is 466. The molecular formula is C16H24N2O. The molecular weight excluding hydrogens is 236 g/mol. The molecule has 19 heavy (non-hydrogen) atoms. The SMILES string of the molecule is CN(C)C1(CNC2CCc3c(O)cccc32)CCC1. The molecule has 0 radical (unpaired) electrons. The fourth-order valence-corrected chi connectivity index (χ4v) is 3.53. The highest BCUT2D eigenvalue weighted by molar-refractivity contribution is 5.44. The number of rotatable bonds is 4. The van der Waals surface area contributed by atoms with Gasteiger partial charge in [-0.2, -0.15) is 0 Å². The number of benzene rings is 1. The van der Waals surface area contributed by atoms with Crippen LogP contribution in [0, 0.1) is 0 Å². The number of aromatic hydroxyl groups is 1. The molecule has 1 aromatic carbocycles. The topological polar surface area (TPSA) is 35.5 Å². The van der Waals surface area contributed by atoms with Crippen LogP contribution in [0.2, 0.25) is 0 Å². The summed E-state index contributed by atoms with van der Waals surface area (Å²) >= 11 is 0. The Labute approximate surface area is 115 Å². The van der Waals surface area contributed by atoms with E-state index in [1.54, 1.807) is 6.07 Å². The van der Waals surface area contributed by atoms with Gasteiger partial charge in [0.2, 0.25) is 0 Å². The van der Waals surface area contributed by atoms with Gasteiger partial charge in [-0.3, -0.25) is 0 Å². The molecule has 0 saturated heterocycles. The third-order valence-electron chi connectivity index (χ3n) is 5.16. The minimum Gasteiger partial charge on any atom is -0.508 e. The Hall–Kier alpha value is -1.06. The number of nitrogens with one attached hydrogen (secondary N) is 1. The standard InChI is InChI=1S/C16H24N2O/c1-18(2)16(9-4-10-16)11-17-14-8-7-13-12(14)5-3-6-15(13)19/h3,5-6,14,17,19H,4,7-11H2,1-2H3. The number of nitrogens with zero attached hydrogens (tertiary/aromatic N) is 1. The molecule has 0 aliphatic heterocycles. The lowest BCUT2D eigenvalue weighted by atomic mass is 9.75. The van der Waals surface area contributed by atoms with Crippen LogP contribution >= 0.6 is 0 Å². The molecule has 3 rings (SSSR count). The molecule has 0 bridgehead atoms. The highest BCUT2D eigenvalue weighted by Gasteiger charge is 2.39. The molecule has 0 heterocycles. The van der Waals surface area contributed by atoms with Crippen LogP contribution in [0.15, 0.2) is 18.2 Å². The van der Waals surface area contributed by atoms with Crippen molar-refractivity contribution >= 4 is 0 Å². The summed E-state index contributed by atoms with van der Waals surface area (Å²) in [5, 5.41) is 13.6. The van der Waals surface area contributed by atoms with Crippen molar-refractivity contribution in [1.29, 1.82) is 0 Å². The van der Waals surface area contributed by atoms with Crippen LogP contribution < -0.4 is 5.32 Å². The van der Waals surface area contributed by atoms with Crippen molar-refractivity contribution in [3.63, 3.8) is 0 Å². The first-order valence-electron chi connectivity index (χ1n) is 7.34. The van der Waals surface area contributed by atoms with Gasteiger partial charge in [-0.25, -0.2) is 0 Å². The van der Waals surface area contributed by atoms with Crippen molar-refractivity contribution in [3.8, 4) is 5.75 Å². The molecule has 0 amide bonds. The highest BCUT2D eigenvalue weighted by atomic mass is 16.3. The van der Waals surface area contributed by atoms with E-state index in [0.717, 1.165) is 24.9 Å². The van der Waals surface area contributed by atoms with Gasteiger partial charge in [0.15, 0.2) is 0 Å². The average molecular weight is 260 g/mol. The van der Waals surface area contributed by atoms with Crippen LogP contribution in [0.1, 0.15) is 42.9 Å². The average Bonchev–Trinajstić information content (AvgIpc) is 2.72. The third kappa shape index (κ3) is 2.15. The third-order valence-corrected chi connectivity index (χ3v) is 5.16. The van der Waals surface area contributed by atoms with E-state index in [9.17, 15) is 5.11 Å². The summed E-state index contributed by atoms with van der Waals surface area (Å²) in [4.78, 5) is 2.38. The van der Waals surface area contributed by atoms with E-state index in [4.69, 9.17) is 0 Å². The molecule has 1 atom stereocenters. The predicted molar refractivity (Wildman–Crippen MR) is 77.4 cm³/mol. The lowest BCUT2D eigenvalue weighted by Gasteiger charge is -2.48. The Morgan fingerprint density at radius 3 is 2.79 bits per heavy atom. The largest absolute Gasteiger partial charge is 0.508 e. The van der Waals surface area contributed by atoms with Crippen LogP contribution in [0.25, 0.3) is 0 Å². The minimum atomic E-state index is 0.361. The van der Waals surface area contributed by atoms with E-state index in [1.807, 2.05) is 6.07 Å². The summed E-state index contributed by atoms with van der Waals surface area (Å²) in [5.74, 6) is 0.466. The van der Waals surface area contributed by atoms with Crippen LogP contribution in [0.5, 0.6) is 5.75 Å². The molecule has 2 aliphatic carbocycles. The molecule has 0 spiro atoms. The quantitative estimate of drug-likeness (QED) is 0.873. The summed E-state index contributed by atoms with van der Waals surface area (Å²) in [5.41, 5.74) is 2.81. The maximum atomic E-state index is 9.89. The maximum Gasteiger partial charge on any atom is 0.119 e. The molecule has 1 aromatic rings. The maximum absolute atomic E-state index is 9.89. The zero-order valence-corrected chi connectivity index (χ0v) is 11.9. The second-order valence-electron chi connectivity index (χ2n) is 6.29. The van der Waals surface area contributed by atoms with Crippen molar-refractivity contribution in [2.24, 2.45) is 0 Å². The van der Waals surface area contributed by atoms with Gasteiger partial charge in [0, 0.05) is 18.1 Å². The summed E-state index contributed by atoms with van der Waals surface area (Å²) in [7, 11) is 4.38. The molecule has 3 nitrogen and oxygen atoms in total. The lowest BCUT2D eigenvalue weighted by Crippen LogP contribution is -2.56. The van der Waals surface area contributed by atoms with Crippen LogP contribution in [-0.2, 0) is 6.42 Å². The molecule has 1 unspecified atom stereocenters. The number of phenolic OH excluding ortho intramolecular Hbond substituents is 1. The highest BCUT2D eigenvalue weighted by Crippen LogP contribution is 2.39. The van der Waals surface area contributed by atoms with E-state index < -0.39 is 0 Å². The number of likely N-dealkylation sites (N-methyl/N-ethyl adjacent to an activating group) is 1. The van der Waals surface area contributed by atoms with Crippen molar-refractivity contribution < 1.29 is 5.11 Å². The van der Waals surface area contributed by atoms with Gasteiger partial charge in [-0.1, -0.05) is 12.1 Å². The van der Waals surface area contributed by atoms with E-state index in [0.29, 0.717) is 17.3 Å². The van der Waals surface area contributed by atoms with Gasteiger partial charge < -0.3 is 15.3 Å². The summed E-state index contributed by atoms with van der Waals surface area (Å²) in [6.45, 7) is 1.06. The van der Waals surface area contributed by atoms with Gasteiger partial charge in [0.1, 0.15) is 5.75 Å². The van der Waals surface area contributed by atoms with E-state index in [1.165, 1.54) is 24.8 Å². The Morgan fingerprint density at radius 1 is 1.37 bits per heavy atom. The minimum absolute atomic E-state index is 0.361. The number of phenols is 1. The van der Waals surface area contributed by atoms with Gasteiger partial charge in [-0.05, 0) is 63.4 Å². The van der Waals surface area contributed by atoms with Gasteiger partial charge in [0.25, 0.3) is 0 Å². The molecule has 2 aliphatic rings. The molecule has 1 saturated carbocycles. The molecule has 1 fully saturated rings. The van der Waals surface area contributed by atoms with E-state index in [-0.39, 0.29) is 0 Å². The fraction of sp³-hybridized carbons (Fsp3) is 0.625. The van der Waals surface area contributed by atoms with Crippen molar-refractivity contribution in [2.75, 3.05) is 20.6 Å². The Morgan fingerprint density at radius 2 is 2.16 bits per heavy atom. The fourth-order valence-electron chi connectivity index (χ4n) is 3.53. The predicted octanol–water partition coefficient (Wildman–Crippen LogP) is 2.45. The molecule has 104 valence electrons. The number of hydrogen-bond donors (Lipinski definition) is 2. The first-order valence-corrected chi connectivity index (χ1v) is 7.34. The first kappa shape index (κ1) is 12.9. The molecule has 0 aromatic heterocycles. The zero-order chi connectivity index (χ0) is 13.5. The van der Waals surface area contributed by atoms with E-state index in [2.05, 4.69) is 30.4 Å². The normalized spacial score (nSPS) is 24.3. The Balaban J connectivity index is 1.69. The zero-order valence-electron chi connectivity index (χ0n) is 11.9. The Kier molecular flexibility index (Phi) is 3.27. The van der Waals surface area contributed by atoms with Crippen LogP contribution in [0.3, 0.4) is 0 Å². The summed E-state index contributed by atoms with van der Waals surface area (Å²) in [6, 6.07) is 6.33. The smallest absolute Gasteiger partial charge is 0.119 e. The number of fused-ring (bicyclic) bond motifs is 1. The second-order valence-corrected chi connectivity index (χ2v) is 6.29. The van der Waals surface area contributed by atoms with Gasteiger partial charge in [0.05, 0.1) is 0 Å². The molecule has 2 N–H and O–H groups in total. The van der Waals surface area contributed by atoms with Gasteiger partial charge >= 0.3 is 0 Å². The van der Waals surface area contributed by atoms with Crippen molar-refractivity contribution in [1.82, 2.24) is 10.2 Å². The van der Waals surface area contributed by atoms with Crippen molar-refractivity contribution in [2.45, 2.75) is 43.7 Å². The molecule has 3 heteroatoms. The van der Waals surface area contributed by atoms with Crippen LogP contribution in [-0.4, -0.2) is 36.2 Å². The second kappa shape index (κ2) is 4.80.